The molecule has 1 N–H and O–H groups in total. The summed E-state index contributed by atoms with van der Waals surface area (Å²) in [5.74, 6) is 0.462. The molecule has 2 aromatic heterocycles. The summed E-state index contributed by atoms with van der Waals surface area (Å²) in [5.41, 5.74) is 4.45. The van der Waals surface area contributed by atoms with Crippen molar-refractivity contribution >= 4 is 23.5 Å². The zero-order valence-corrected chi connectivity index (χ0v) is 14.5. The van der Waals surface area contributed by atoms with E-state index in [4.69, 9.17) is 4.74 Å². The molecule has 3 aromatic rings. The van der Waals surface area contributed by atoms with Crippen LogP contribution in [-0.2, 0) is 0 Å². The predicted molar refractivity (Wildman–Crippen MR) is 100 cm³/mol. The van der Waals surface area contributed by atoms with E-state index in [0.29, 0.717) is 12.3 Å². The minimum absolute atomic E-state index is 0.315. The number of ether oxygens (including phenoxy) is 1. The zero-order chi connectivity index (χ0) is 17.5. The summed E-state index contributed by atoms with van der Waals surface area (Å²) in [5, 5.41) is 5.90. The molecule has 0 saturated carbocycles. The van der Waals surface area contributed by atoms with Crippen molar-refractivity contribution in [2.24, 2.45) is 5.10 Å². The molecule has 1 amide bonds. The maximum atomic E-state index is 12.2. The largest absolute Gasteiger partial charge is 0.494 e. The lowest BCUT2D eigenvalue weighted by Gasteiger charge is -2.06. The second-order valence-electron chi connectivity index (χ2n) is 5.08. The number of hydrogen-bond donors (Lipinski definition) is 1. The van der Waals surface area contributed by atoms with E-state index in [2.05, 4.69) is 15.5 Å². The quantitative estimate of drug-likeness (QED) is 0.540. The molecule has 0 spiro atoms. The number of hydrogen-bond acceptors (Lipinski definition) is 5. The molecule has 6 heteroatoms. The molecule has 0 aliphatic rings. The topological polar surface area (TPSA) is 63.6 Å². The highest BCUT2D eigenvalue weighted by molar-refractivity contribution is 7.11. The van der Waals surface area contributed by atoms with Gasteiger partial charge in [-0.3, -0.25) is 4.79 Å². The average molecular weight is 351 g/mol. The summed E-state index contributed by atoms with van der Waals surface area (Å²) in [4.78, 5) is 17.6. The van der Waals surface area contributed by atoms with Gasteiger partial charge in [-0.15, -0.1) is 11.3 Å². The van der Waals surface area contributed by atoms with Gasteiger partial charge in [0.1, 0.15) is 11.4 Å². The van der Waals surface area contributed by atoms with E-state index >= 15 is 0 Å². The number of nitrogens with one attached hydrogen (secondary N) is 1. The molecule has 126 valence electrons. The number of thiophene rings is 1. The van der Waals surface area contributed by atoms with E-state index in [0.717, 1.165) is 21.9 Å². The molecule has 0 fully saturated rings. The van der Waals surface area contributed by atoms with Crippen molar-refractivity contribution in [2.45, 2.75) is 6.92 Å². The molecular weight excluding hydrogens is 334 g/mol. The molecule has 5 nitrogen and oxygen atoms in total. The smallest absolute Gasteiger partial charge is 0.289 e. The van der Waals surface area contributed by atoms with Crippen LogP contribution in [0.5, 0.6) is 5.75 Å². The highest BCUT2D eigenvalue weighted by Gasteiger charge is 2.08. The molecule has 3 rings (SSSR count). The maximum absolute atomic E-state index is 12.2. The van der Waals surface area contributed by atoms with E-state index in [-0.39, 0.29) is 5.91 Å². The number of carbonyl (C=O) groups is 1. The van der Waals surface area contributed by atoms with Gasteiger partial charge in [-0.05, 0) is 54.8 Å². The molecule has 2 heterocycles. The van der Waals surface area contributed by atoms with Crippen LogP contribution in [0.25, 0.3) is 11.3 Å². The van der Waals surface area contributed by atoms with Gasteiger partial charge in [0.15, 0.2) is 0 Å². The molecule has 0 unspecified atom stereocenters. The molecule has 0 atom stereocenters. The Balaban J connectivity index is 1.71. The summed E-state index contributed by atoms with van der Waals surface area (Å²) < 4.78 is 5.43. The summed E-state index contributed by atoms with van der Waals surface area (Å²) in [6.07, 6.45) is 1.61. The first-order valence-electron chi connectivity index (χ1n) is 7.83. The third-order valence-electron chi connectivity index (χ3n) is 3.34. The van der Waals surface area contributed by atoms with Crippen molar-refractivity contribution in [3.05, 3.63) is 70.5 Å². The van der Waals surface area contributed by atoms with E-state index in [9.17, 15) is 4.79 Å². The third kappa shape index (κ3) is 4.51. The molecular formula is C19H17N3O2S. The SMILES string of the molecule is CCOc1ccc(-c2cccc(C(=O)NN=Cc3cccs3)n2)cc1. The van der Waals surface area contributed by atoms with Crippen LogP contribution in [0.4, 0.5) is 0 Å². The van der Waals surface area contributed by atoms with Crippen molar-refractivity contribution in [1.82, 2.24) is 10.4 Å². The number of carbonyl (C=O) groups excluding carboxylic acids is 1. The molecule has 0 radical (unpaired) electrons. The highest BCUT2D eigenvalue weighted by atomic mass is 32.1. The van der Waals surface area contributed by atoms with Crippen LogP contribution >= 0.6 is 11.3 Å². The fraction of sp³-hybridized carbons (Fsp3) is 0.105. The van der Waals surface area contributed by atoms with Crippen LogP contribution in [0.1, 0.15) is 22.3 Å². The number of aromatic nitrogens is 1. The van der Waals surface area contributed by atoms with E-state index in [1.807, 2.05) is 54.8 Å². The lowest BCUT2D eigenvalue weighted by molar-refractivity contribution is 0.0950. The Morgan fingerprint density at radius 2 is 2.04 bits per heavy atom. The zero-order valence-electron chi connectivity index (χ0n) is 13.7. The van der Waals surface area contributed by atoms with Crippen LogP contribution in [0.3, 0.4) is 0 Å². The minimum Gasteiger partial charge on any atom is -0.494 e. The Kier molecular flexibility index (Phi) is 5.53. The monoisotopic (exact) mass is 351 g/mol. The van der Waals surface area contributed by atoms with Crippen LogP contribution in [0.2, 0.25) is 0 Å². The van der Waals surface area contributed by atoms with Gasteiger partial charge in [-0.2, -0.15) is 5.10 Å². The average Bonchev–Trinajstić information content (AvgIpc) is 3.16. The summed E-state index contributed by atoms with van der Waals surface area (Å²) in [6, 6.07) is 16.8. The second-order valence-corrected chi connectivity index (χ2v) is 6.06. The Bertz CT molecular complexity index is 859. The fourth-order valence-electron chi connectivity index (χ4n) is 2.19. The molecule has 25 heavy (non-hydrogen) atoms. The number of pyridine rings is 1. The molecule has 0 aliphatic carbocycles. The van der Waals surface area contributed by atoms with E-state index < -0.39 is 0 Å². The second kappa shape index (κ2) is 8.21. The van der Waals surface area contributed by atoms with Crippen LogP contribution in [0, 0.1) is 0 Å². The fourth-order valence-corrected chi connectivity index (χ4v) is 2.77. The summed E-state index contributed by atoms with van der Waals surface area (Å²) in [6.45, 7) is 2.57. The lowest BCUT2D eigenvalue weighted by atomic mass is 10.1. The van der Waals surface area contributed by atoms with Gasteiger partial charge in [0, 0.05) is 10.4 Å². The number of nitrogens with zero attached hydrogens (tertiary/aromatic N) is 2. The number of benzene rings is 1. The Labute approximate surface area is 150 Å². The van der Waals surface area contributed by atoms with Crippen LogP contribution < -0.4 is 10.2 Å². The van der Waals surface area contributed by atoms with Gasteiger partial charge in [0.2, 0.25) is 0 Å². The van der Waals surface area contributed by atoms with Crippen molar-refractivity contribution < 1.29 is 9.53 Å². The van der Waals surface area contributed by atoms with Crippen molar-refractivity contribution in [3.8, 4) is 17.0 Å². The van der Waals surface area contributed by atoms with Crippen molar-refractivity contribution in [1.29, 1.82) is 0 Å². The standard InChI is InChI=1S/C19H17N3O2S/c1-2-24-15-10-8-14(9-11-15)17-6-3-7-18(21-17)19(23)22-20-13-16-5-4-12-25-16/h3-13H,2H2,1H3,(H,22,23). The normalized spacial score (nSPS) is 10.8. The van der Waals surface area contributed by atoms with Crippen molar-refractivity contribution in [3.63, 3.8) is 0 Å². The van der Waals surface area contributed by atoms with Gasteiger partial charge in [-0.25, -0.2) is 10.4 Å². The predicted octanol–water partition coefficient (Wildman–Crippen LogP) is 3.97. The van der Waals surface area contributed by atoms with Crippen LogP contribution in [-0.4, -0.2) is 23.7 Å². The Morgan fingerprint density at radius 3 is 2.76 bits per heavy atom. The highest BCUT2D eigenvalue weighted by Crippen LogP contribution is 2.21. The first-order valence-corrected chi connectivity index (χ1v) is 8.71. The van der Waals surface area contributed by atoms with E-state index in [1.165, 1.54) is 0 Å². The minimum atomic E-state index is -0.347. The van der Waals surface area contributed by atoms with Crippen molar-refractivity contribution in [2.75, 3.05) is 6.61 Å². The van der Waals surface area contributed by atoms with Gasteiger partial charge in [0.25, 0.3) is 5.91 Å². The number of hydrazone groups is 1. The number of amides is 1. The Morgan fingerprint density at radius 1 is 1.20 bits per heavy atom. The molecule has 0 saturated heterocycles. The lowest BCUT2D eigenvalue weighted by Crippen LogP contribution is -2.19. The first kappa shape index (κ1) is 16.9. The Hall–Kier alpha value is -2.99. The summed E-state index contributed by atoms with van der Waals surface area (Å²) >= 11 is 1.55. The van der Waals surface area contributed by atoms with Gasteiger partial charge in [0.05, 0.1) is 18.5 Å². The van der Waals surface area contributed by atoms with Gasteiger partial charge < -0.3 is 4.74 Å². The molecule has 1 aromatic carbocycles. The third-order valence-corrected chi connectivity index (χ3v) is 4.15. The van der Waals surface area contributed by atoms with Gasteiger partial charge >= 0.3 is 0 Å². The number of rotatable bonds is 6. The van der Waals surface area contributed by atoms with Gasteiger partial charge in [-0.1, -0.05) is 12.1 Å². The summed E-state index contributed by atoms with van der Waals surface area (Å²) in [7, 11) is 0. The maximum Gasteiger partial charge on any atom is 0.289 e. The van der Waals surface area contributed by atoms with E-state index in [1.54, 1.807) is 29.7 Å². The molecule has 0 aliphatic heterocycles. The van der Waals surface area contributed by atoms with Crippen LogP contribution in [0.15, 0.2) is 65.1 Å². The first-order chi connectivity index (χ1) is 12.3. The molecule has 0 bridgehead atoms.